The van der Waals surface area contributed by atoms with Crippen LogP contribution in [0, 0.1) is 13.8 Å². The predicted octanol–water partition coefficient (Wildman–Crippen LogP) is 4.53. The lowest BCUT2D eigenvalue weighted by Gasteiger charge is -2.10. The summed E-state index contributed by atoms with van der Waals surface area (Å²) >= 11 is 6.08. The Hall–Kier alpha value is -3.18. The number of rotatable bonds is 5. The first-order chi connectivity index (χ1) is 13.4. The van der Waals surface area contributed by atoms with Gasteiger partial charge in [-0.05, 0) is 49.2 Å². The van der Waals surface area contributed by atoms with E-state index in [2.05, 4.69) is 15.6 Å². The van der Waals surface area contributed by atoms with Crippen LogP contribution in [0.2, 0.25) is 5.02 Å². The van der Waals surface area contributed by atoms with Crippen LogP contribution in [0.15, 0.2) is 60.7 Å². The second-order valence-electron chi connectivity index (χ2n) is 6.44. The molecule has 0 aliphatic rings. The van der Waals surface area contributed by atoms with E-state index in [0.717, 1.165) is 16.7 Å². The summed E-state index contributed by atoms with van der Waals surface area (Å²) in [6.07, 6.45) is 0. The van der Waals surface area contributed by atoms with Crippen molar-refractivity contribution >= 4 is 29.1 Å². The summed E-state index contributed by atoms with van der Waals surface area (Å²) in [5.41, 5.74) is 3.86. The maximum absolute atomic E-state index is 12.5. The minimum atomic E-state index is -0.404. The monoisotopic (exact) mass is 393 g/mol. The van der Waals surface area contributed by atoms with Crippen molar-refractivity contribution in [3.05, 3.63) is 93.8 Å². The molecule has 3 rings (SSSR count). The van der Waals surface area contributed by atoms with Crippen molar-refractivity contribution in [2.75, 3.05) is 5.32 Å². The molecule has 2 N–H and O–H groups in total. The van der Waals surface area contributed by atoms with Gasteiger partial charge in [0, 0.05) is 17.3 Å². The molecule has 0 unspecified atom stereocenters. The third-order valence-corrected chi connectivity index (χ3v) is 4.71. The molecule has 2 aromatic carbocycles. The minimum Gasteiger partial charge on any atom is -0.347 e. The zero-order valence-electron chi connectivity index (χ0n) is 15.6. The molecule has 3 aromatic rings. The first-order valence-electron chi connectivity index (χ1n) is 8.81. The summed E-state index contributed by atoms with van der Waals surface area (Å²) in [6.45, 7) is 4.22. The highest BCUT2D eigenvalue weighted by Crippen LogP contribution is 2.23. The van der Waals surface area contributed by atoms with Crippen LogP contribution in [0.25, 0.3) is 0 Å². The Labute approximate surface area is 168 Å². The highest BCUT2D eigenvalue weighted by atomic mass is 35.5. The Morgan fingerprint density at radius 1 is 0.893 bits per heavy atom. The number of nitrogens with one attached hydrogen (secondary N) is 2. The summed E-state index contributed by atoms with van der Waals surface area (Å²) in [5, 5.41) is 6.16. The highest BCUT2D eigenvalue weighted by molar-refractivity contribution is 6.31. The fraction of sp³-hybridized carbons (Fsp3) is 0.136. The van der Waals surface area contributed by atoms with Crippen molar-refractivity contribution in [2.24, 2.45) is 0 Å². The van der Waals surface area contributed by atoms with Crippen molar-refractivity contribution in [1.82, 2.24) is 10.3 Å². The quantitative estimate of drug-likeness (QED) is 0.668. The molecule has 0 fully saturated rings. The van der Waals surface area contributed by atoms with Gasteiger partial charge < -0.3 is 10.6 Å². The number of carbonyl (C=O) groups is 2. The molecule has 0 atom stereocenters. The number of carbonyl (C=O) groups excluding carboxylic acids is 2. The molecule has 2 amide bonds. The number of aromatic nitrogens is 1. The predicted molar refractivity (Wildman–Crippen MR) is 111 cm³/mol. The molecule has 0 saturated carbocycles. The topological polar surface area (TPSA) is 71.1 Å². The van der Waals surface area contributed by atoms with Crippen molar-refractivity contribution in [3.63, 3.8) is 0 Å². The molecule has 1 aromatic heterocycles. The Kier molecular flexibility index (Phi) is 6.06. The SMILES string of the molecule is Cc1ccc(CNC(=O)c2cccc(C(=O)Nc3cccc(Cl)c3C)n2)cc1. The summed E-state index contributed by atoms with van der Waals surface area (Å²) < 4.78 is 0. The van der Waals surface area contributed by atoms with Gasteiger partial charge in [-0.3, -0.25) is 9.59 Å². The lowest BCUT2D eigenvalue weighted by molar-refractivity contribution is 0.0945. The number of halogens is 1. The van der Waals surface area contributed by atoms with Crippen LogP contribution >= 0.6 is 11.6 Å². The number of hydrogen-bond acceptors (Lipinski definition) is 3. The molecule has 142 valence electrons. The van der Waals surface area contributed by atoms with E-state index in [-0.39, 0.29) is 17.3 Å². The second kappa shape index (κ2) is 8.67. The van der Waals surface area contributed by atoms with Crippen molar-refractivity contribution in [1.29, 1.82) is 0 Å². The summed E-state index contributed by atoms with van der Waals surface area (Å²) in [5.74, 6) is -0.743. The van der Waals surface area contributed by atoms with Crippen LogP contribution in [0.3, 0.4) is 0 Å². The van der Waals surface area contributed by atoms with Crippen LogP contribution in [0.4, 0.5) is 5.69 Å². The molecule has 0 aliphatic carbocycles. The third-order valence-electron chi connectivity index (χ3n) is 4.30. The maximum atomic E-state index is 12.5. The molecular formula is C22H20ClN3O2. The number of anilines is 1. The van der Waals surface area contributed by atoms with E-state index < -0.39 is 5.91 Å². The molecule has 5 nitrogen and oxygen atoms in total. The summed E-state index contributed by atoms with van der Waals surface area (Å²) in [6, 6.07) is 17.9. The minimum absolute atomic E-state index is 0.155. The number of pyridine rings is 1. The first kappa shape index (κ1) is 19.6. The van der Waals surface area contributed by atoms with E-state index in [1.165, 1.54) is 0 Å². The molecule has 0 radical (unpaired) electrons. The van der Waals surface area contributed by atoms with E-state index >= 15 is 0 Å². The summed E-state index contributed by atoms with van der Waals surface area (Å²) in [4.78, 5) is 29.1. The molecule has 1 heterocycles. The smallest absolute Gasteiger partial charge is 0.274 e. The van der Waals surface area contributed by atoms with Gasteiger partial charge in [0.2, 0.25) is 0 Å². The number of amides is 2. The van der Waals surface area contributed by atoms with Crippen LogP contribution in [0.1, 0.15) is 37.7 Å². The van der Waals surface area contributed by atoms with E-state index in [1.807, 2.05) is 38.1 Å². The van der Waals surface area contributed by atoms with E-state index in [4.69, 9.17) is 11.6 Å². The van der Waals surface area contributed by atoms with Crippen LogP contribution in [0.5, 0.6) is 0 Å². The van der Waals surface area contributed by atoms with E-state index in [0.29, 0.717) is 17.3 Å². The molecule has 0 saturated heterocycles. The van der Waals surface area contributed by atoms with E-state index in [9.17, 15) is 9.59 Å². The van der Waals surface area contributed by atoms with Crippen LogP contribution < -0.4 is 10.6 Å². The summed E-state index contributed by atoms with van der Waals surface area (Å²) in [7, 11) is 0. The van der Waals surface area contributed by atoms with E-state index in [1.54, 1.807) is 36.4 Å². The van der Waals surface area contributed by atoms with Gasteiger partial charge in [-0.15, -0.1) is 0 Å². The molecule has 6 heteroatoms. The Morgan fingerprint density at radius 2 is 1.54 bits per heavy atom. The standard InChI is InChI=1S/C22H20ClN3O2/c1-14-9-11-16(12-10-14)13-24-21(27)19-7-4-8-20(25-19)22(28)26-18-6-3-5-17(23)15(18)2/h3-12H,13H2,1-2H3,(H,24,27)(H,26,28). The third kappa shape index (κ3) is 4.75. The lowest BCUT2D eigenvalue weighted by atomic mass is 10.1. The number of nitrogens with zero attached hydrogens (tertiary/aromatic N) is 1. The lowest BCUT2D eigenvalue weighted by Crippen LogP contribution is -2.25. The van der Waals surface area contributed by atoms with Gasteiger partial charge in [0.1, 0.15) is 11.4 Å². The zero-order chi connectivity index (χ0) is 20.1. The van der Waals surface area contributed by atoms with Crippen LogP contribution in [-0.4, -0.2) is 16.8 Å². The number of aryl methyl sites for hydroxylation is 1. The highest BCUT2D eigenvalue weighted by Gasteiger charge is 2.14. The average Bonchev–Trinajstić information content (AvgIpc) is 2.71. The van der Waals surface area contributed by atoms with Crippen molar-refractivity contribution in [2.45, 2.75) is 20.4 Å². The van der Waals surface area contributed by atoms with Gasteiger partial charge in [0.25, 0.3) is 11.8 Å². The molecule has 0 aliphatic heterocycles. The fourth-order valence-corrected chi connectivity index (χ4v) is 2.77. The fourth-order valence-electron chi connectivity index (χ4n) is 2.60. The normalized spacial score (nSPS) is 10.4. The Bertz CT molecular complexity index is 1020. The molecule has 28 heavy (non-hydrogen) atoms. The molecule has 0 bridgehead atoms. The van der Waals surface area contributed by atoms with Gasteiger partial charge in [0.15, 0.2) is 0 Å². The maximum Gasteiger partial charge on any atom is 0.274 e. The van der Waals surface area contributed by atoms with Gasteiger partial charge in [-0.25, -0.2) is 4.98 Å². The molecule has 0 spiro atoms. The zero-order valence-corrected chi connectivity index (χ0v) is 16.4. The van der Waals surface area contributed by atoms with Gasteiger partial charge in [0.05, 0.1) is 0 Å². The van der Waals surface area contributed by atoms with Crippen molar-refractivity contribution in [3.8, 4) is 0 Å². The van der Waals surface area contributed by atoms with Gasteiger partial charge in [-0.2, -0.15) is 0 Å². The Balaban J connectivity index is 1.68. The Morgan fingerprint density at radius 3 is 2.25 bits per heavy atom. The van der Waals surface area contributed by atoms with Crippen molar-refractivity contribution < 1.29 is 9.59 Å². The first-order valence-corrected chi connectivity index (χ1v) is 9.19. The largest absolute Gasteiger partial charge is 0.347 e. The van der Waals surface area contributed by atoms with Gasteiger partial charge >= 0.3 is 0 Å². The number of benzene rings is 2. The average molecular weight is 394 g/mol. The van der Waals surface area contributed by atoms with Crippen LogP contribution in [-0.2, 0) is 6.54 Å². The molecular weight excluding hydrogens is 374 g/mol. The van der Waals surface area contributed by atoms with Gasteiger partial charge in [-0.1, -0.05) is 53.6 Å². The second-order valence-corrected chi connectivity index (χ2v) is 6.85. The number of hydrogen-bond donors (Lipinski definition) is 2.